The monoisotopic (exact) mass is 389 g/mol. The smallest absolute Gasteiger partial charge is 0.322 e. The van der Waals surface area contributed by atoms with Crippen LogP contribution in [-0.4, -0.2) is 31.8 Å². The van der Waals surface area contributed by atoms with E-state index in [0.717, 1.165) is 28.8 Å². The van der Waals surface area contributed by atoms with Crippen LogP contribution in [-0.2, 0) is 13.0 Å². The summed E-state index contributed by atoms with van der Waals surface area (Å²) in [5, 5.41) is 3.00. The number of urea groups is 1. The van der Waals surface area contributed by atoms with Crippen LogP contribution in [0.4, 0.5) is 10.5 Å². The predicted molar refractivity (Wildman–Crippen MR) is 113 cm³/mol. The highest BCUT2D eigenvalue weighted by atomic mass is 16.5. The Hall–Kier alpha value is -3.54. The molecule has 0 aliphatic carbocycles. The zero-order chi connectivity index (χ0) is 20.2. The summed E-state index contributed by atoms with van der Waals surface area (Å²) in [5.41, 5.74) is 5.36. The van der Waals surface area contributed by atoms with Gasteiger partial charge in [0.15, 0.2) is 11.5 Å². The van der Waals surface area contributed by atoms with E-state index in [9.17, 15) is 4.79 Å². The van der Waals surface area contributed by atoms with Gasteiger partial charge in [0, 0.05) is 31.2 Å². The predicted octanol–water partition coefficient (Wildman–Crippen LogP) is 4.04. The van der Waals surface area contributed by atoms with Crippen molar-refractivity contribution in [3.05, 3.63) is 72.1 Å². The number of anilines is 1. The molecule has 6 heteroatoms. The zero-order valence-corrected chi connectivity index (χ0v) is 16.5. The summed E-state index contributed by atoms with van der Waals surface area (Å²) in [7, 11) is 3.20. The van der Waals surface area contributed by atoms with E-state index in [0.29, 0.717) is 24.6 Å². The van der Waals surface area contributed by atoms with Gasteiger partial charge in [0.05, 0.1) is 14.2 Å². The maximum Gasteiger partial charge on any atom is 0.322 e. The molecule has 0 unspecified atom stereocenters. The van der Waals surface area contributed by atoms with Crippen LogP contribution in [0.1, 0.15) is 11.1 Å². The molecule has 0 saturated carbocycles. The van der Waals surface area contributed by atoms with Crippen molar-refractivity contribution in [3.63, 3.8) is 0 Å². The number of rotatable bonds is 5. The number of pyridine rings is 1. The average Bonchev–Trinajstić information content (AvgIpc) is 3.21. The maximum atomic E-state index is 12.8. The van der Waals surface area contributed by atoms with E-state index in [4.69, 9.17) is 9.47 Å². The van der Waals surface area contributed by atoms with Gasteiger partial charge in [0.25, 0.3) is 0 Å². The van der Waals surface area contributed by atoms with Crippen molar-refractivity contribution in [2.45, 2.75) is 13.0 Å². The molecule has 148 valence electrons. The first kappa shape index (κ1) is 18.8. The molecule has 0 atom stereocenters. The zero-order valence-electron chi connectivity index (χ0n) is 16.5. The molecule has 2 heterocycles. The Labute approximate surface area is 170 Å². The van der Waals surface area contributed by atoms with Gasteiger partial charge in [0.1, 0.15) is 0 Å². The summed E-state index contributed by atoms with van der Waals surface area (Å²) in [6, 6.07) is 15.7. The minimum Gasteiger partial charge on any atom is -0.493 e. The molecule has 0 spiro atoms. The molecule has 4 rings (SSSR count). The van der Waals surface area contributed by atoms with E-state index in [2.05, 4.69) is 16.4 Å². The molecule has 0 radical (unpaired) electrons. The first-order valence-corrected chi connectivity index (χ1v) is 9.49. The number of nitrogens with one attached hydrogen (secondary N) is 1. The molecule has 1 aliphatic rings. The number of methoxy groups -OCH3 is 2. The molecule has 29 heavy (non-hydrogen) atoms. The molecular formula is C23H23N3O3. The SMILES string of the molecule is COc1ccc(CNC(=O)N2CCc3cc(-c4ccncc4)ccc32)cc1OC. The fourth-order valence-electron chi connectivity index (χ4n) is 3.60. The normalized spacial score (nSPS) is 12.4. The molecule has 0 fully saturated rings. The molecule has 0 saturated heterocycles. The van der Waals surface area contributed by atoms with E-state index >= 15 is 0 Å². The standard InChI is InChI=1S/C23H23N3O3/c1-28-21-6-3-16(13-22(21)29-2)15-25-23(27)26-12-9-19-14-18(4-5-20(19)26)17-7-10-24-11-8-17/h3-8,10-11,13-14H,9,12,15H2,1-2H3,(H,25,27). The van der Waals surface area contributed by atoms with Gasteiger partial charge in [0.2, 0.25) is 0 Å². The van der Waals surface area contributed by atoms with Gasteiger partial charge < -0.3 is 14.8 Å². The second-order valence-electron chi connectivity index (χ2n) is 6.83. The van der Waals surface area contributed by atoms with Crippen molar-refractivity contribution in [1.82, 2.24) is 10.3 Å². The molecular weight excluding hydrogens is 366 g/mol. The number of hydrogen-bond acceptors (Lipinski definition) is 4. The summed E-state index contributed by atoms with van der Waals surface area (Å²) in [6.07, 6.45) is 4.42. The van der Waals surface area contributed by atoms with Crippen LogP contribution >= 0.6 is 0 Å². The molecule has 1 aliphatic heterocycles. The van der Waals surface area contributed by atoms with Crippen molar-refractivity contribution in [3.8, 4) is 22.6 Å². The van der Waals surface area contributed by atoms with Crippen molar-refractivity contribution >= 4 is 11.7 Å². The van der Waals surface area contributed by atoms with Crippen molar-refractivity contribution in [2.75, 3.05) is 25.7 Å². The lowest BCUT2D eigenvalue weighted by molar-refractivity contribution is 0.246. The van der Waals surface area contributed by atoms with Gasteiger partial charge in [-0.1, -0.05) is 12.1 Å². The highest BCUT2D eigenvalue weighted by Gasteiger charge is 2.24. The number of ether oxygens (including phenoxy) is 2. The Morgan fingerprint density at radius 3 is 2.55 bits per heavy atom. The van der Waals surface area contributed by atoms with Gasteiger partial charge in [-0.05, 0) is 65.1 Å². The van der Waals surface area contributed by atoms with Crippen molar-refractivity contribution in [1.29, 1.82) is 0 Å². The van der Waals surface area contributed by atoms with Crippen LogP contribution in [0, 0.1) is 0 Å². The third kappa shape index (κ3) is 3.87. The average molecular weight is 389 g/mol. The minimum absolute atomic E-state index is 0.102. The summed E-state index contributed by atoms with van der Waals surface area (Å²) >= 11 is 0. The maximum absolute atomic E-state index is 12.8. The summed E-state index contributed by atoms with van der Waals surface area (Å²) in [5.74, 6) is 1.32. The summed E-state index contributed by atoms with van der Waals surface area (Å²) < 4.78 is 10.6. The lowest BCUT2D eigenvalue weighted by Crippen LogP contribution is -2.38. The third-order valence-corrected chi connectivity index (χ3v) is 5.13. The quantitative estimate of drug-likeness (QED) is 0.715. The van der Waals surface area contributed by atoms with E-state index in [-0.39, 0.29) is 6.03 Å². The Morgan fingerprint density at radius 2 is 1.79 bits per heavy atom. The number of hydrogen-bond donors (Lipinski definition) is 1. The number of nitrogens with zero attached hydrogens (tertiary/aromatic N) is 2. The fraction of sp³-hybridized carbons (Fsp3) is 0.217. The second kappa shape index (κ2) is 8.22. The van der Waals surface area contributed by atoms with Crippen LogP contribution in [0.25, 0.3) is 11.1 Å². The van der Waals surface area contributed by atoms with E-state index in [1.54, 1.807) is 31.5 Å². The lowest BCUT2D eigenvalue weighted by atomic mass is 10.0. The highest BCUT2D eigenvalue weighted by Crippen LogP contribution is 2.32. The number of fused-ring (bicyclic) bond motifs is 1. The first-order valence-electron chi connectivity index (χ1n) is 9.49. The summed E-state index contributed by atoms with van der Waals surface area (Å²) in [4.78, 5) is 18.6. The second-order valence-corrected chi connectivity index (χ2v) is 6.83. The number of amides is 2. The lowest BCUT2D eigenvalue weighted by Gasteiger charge is -2.19. The van der Waals surface area contributed by atoms with E-state index < -0.39 is 0 Å². The van der Waals surface area contributed by atoms with Crippen LogP contribution in [0.3, 0.4) is 0 Å². The van der Waals surface area contributed by atoms with Crippen LogP contribution in [0.2, 0.25) is 0 Å². The number of carbonyl (C=O) groups is 1. The van der Waals surface area contributed by atoms with Gasteiger partial charge in [-0.3, -0.25) is 9.88 Å². The number of aromatic nitrogens is 1. The molecule has 2 amide bonds. The Morgan fingerprint density at radius 1 is 1.00 bits per heavy atom. The highest BCUT2D eigenvalue weighted by molar-refractivity contribution is 5.94. The molecule has 1 aromatic heterocycles. The van der Waals surface area contributed by atoms with Crippen LogP contribution < -0.4 is 19.7 Å². The molecule has 6 nitrogen and oxygen atoms in total. The van der Waals surface area contributed by atoms with Crippen molar-refractivity contribution < 1.29 is 14.3 Å². The third-order valence-electron chi connectivity index (χ3n) is 5.13. The summed E-state index contributed by atoms with van der Waals surface area (Å²) in [6.45, 7) is 1.09. The molecule has 2 aromatic carbocycles. The van der Waals surface area contributed by atoms with Crippen LogP contribution in [0.5, 0.6) is 11.5 Å². The fourth-order valence-corrected chi connectivity index (χ4v) is 3.60. The van der Waals surface area contributed by atoms with Gasteiger partial charge in [-0.15, -0.1) is 0 Å². The Bertz CT molecular complexity index is 1020. The number of carbonyl (C=O) groups excluding carboxylic acids is 1. The van der Waals surface area contributed by atoms with Gasteiger partial charge in [-0.2, -0.15) is 0 Å². The number of benzene rings is 2. The topological polar surface area (TPSA) is 63.7 Å². The largest absolute Gasteiger partial charge is 0.493 e. The van der Waals surface area contributed by atoms with Crippen molar-refractivity contribution in [2.24, 2.45) is 0 Å². The van der Waals surface area contributed by atoms with Gasteiger partial charge in [-0.25, -0.2) is 4.79 Å². The molecule has 1 N–H and O–H groups in total. The van der Waals surface area contributed by atoms with Gasteiger partial charge >= 0.3 is 6.03 Å². The minimum atomic E-state index is -0.102. The van der Waals surface area contributed by atoms with E-state index in [1.165, 1.54) is 5.56 Å². The Balaban J connectivity index is 1.45. The molecule has 0 bridgehead atoms. The first-order chi connectivity index (χ1) is 14.2. The van der Waals surface area contributed by atoms with E-state index in [1.807, 2.05) is 42.5 Å². The van der Waals surface area contributed by atoms with Crippen LogP contribution in [0.15, 0.2) is 60.9 Å². The molecule has 3 aromatic rings. The Kier molecular flexibility index (Phi) is 5.33.